The molecule has 0 spiro atoms. The van der Waals surface area contributed by atoms with Crippen LogP contribution in [0.15, 0.2) is 30.5 Å². The number of nitrogens with one attached hydrogen (secondary N) is 2. The number of aliphatic hydroxyl groups excluding tert-OH is 1. The third-order valence-electron chi connectivity index (χ3n) is 2.96. The van der Waals surface area contributed by atoms with Gasteiger partial charge in [-0.2, -0.15) is 0 Å². The summed E-state index contributed by atoms with van der Waals surface area (Å²) in [6.07, 6.45) is 1.33. The van der Waals surface area contributed by atoms with E-state index in [9.17, 15) is 5.11 Å². The largest absolute Gasteiger partial charge is 0.390 e. The Hall–Kier alpha value is -1.43. The Bertz CT molecular complexity index is 536. The topological polar surface area (TPSA) is 70.1 Å². The molecule has 1 aliphatic rings. The van der Waals surface area contributed by atoms with Gasteiger partial charge in [-0.3, -0.25) is 4.98 Å². The van der Waals surface area contributed by atoms with Gasteiger partial charge in [0.25, 0.3) is 0 Å². The molecule has 0 aliphatic carbocycles. The Kier molecular flexibility index (Phi) is 3.96. The van der Waals surface area contributed by atoms with Crippen molar-refractivity contribution < 1.29 is 5.11 Å². The summed E-state index contributed by atoms with van der Waals surface area (Å²) in [5.74, 6) is 0.705. The fourth-order valence-electron chi connectivity index (χ4n) is 2.03. The minimum absolute atomic E-state index is 0. The van der Waals surface area contributed by atoms with Gasteiger partial charge in [0.2, 0.25) is 0 Å². The maximum atomic E-state index is 9.69. The summed E-state index contributed by atoms with van der Waals surface area (Å²) in [6.45, 7) is 1.37. The van der Waals surface area contributed by atoms with Gasteiger partial charge < -0.3 is 15.7 Å². The molecule has 1 aromatic heterocycles. The van der Waals surface area contributed by atoms with Crippen molar-refractivity contribution in [2.45, 2.75) is 12.1 Å². The first-order valence-electron chi connectivity index (χ1n) is 5.70. The van der Waals surface area contributed by atoms with E-state index in [0.717, 1.165) is 17.6 Å². The van der Waals surface area contributed by atoms with Crippen molar-refractivity contribution in [1.82, 2.24) is 15.3 Å². The lowest BCUT2D eigenvalue weighted by atomic mass is 10.2. The standard InChI is InChI=1S/C12H14N4O.ClH/c17-11-6-13-5-10(11)16-12-7-14-8-3-1-2-4-9(8)15-12;/h1-4,7,10-11,13,17H,5-6H2,(H,15,16);1H/t10-,11-;/m1./s1. The molecular weight excluding hydrogens is 252 g/mol. The lowest BCUT2D eigenvalue weighted by Crippen LogP contribution is -2.32. The number of aliphatic hydroxyl groups is 1. The molecule has 0 amide bonds. The van der Waals surface area contributed by atoms with E-state index in [1.165, 1.54) is 0 Å². The van der Waals surface area contributed by atoms with E-state index in [-0.39, 0.29) is 24.6 Å². The Morgan fingerprint density at radius 1 is 1.22 bits per heavy atom. The fourth-order valence-corrected chi connectivity index (χ4v) is 2.03. The van der Waals surface area contributed by atoms with Crippen LogP contribution in [-0.4, -0.2) is 40.3 Å². The van der Waals surface area contributed by atoms with E-state index < -0.39 is 0 Å². The van der Waals surface area contributed by atoms with Gasteiger partial charge in [0, 0.05) is 13.1 Å². The van der Waals surface area contributed by atoms with E-state index in [1.54, 1.807) is 6.20 Å². The molecule has 1 aliphatic heterocycles. The number of hydrogen-bond donors (Lipinski definition) is 3. The van der Waals surface area contributed by atoms with E-state index in [1.807, 2.05) is 24.3 Å². The number of aromatic nitrogens is 2. The molecular formula is C12H15ClN4O. The Morgan fingerprint density at radius 2 is 2.00 bits per heavy atom. The average Bonchev–Trinajstić information content (AvgIpc) is 2.75. The molecule has 2 aromatic rings. The SMILES string of the molecule is Cl.O[C@@H]1CNC[C@H]1Nc1cnc2ccccc2n1. The predicted octanol–water partition coefficient (Wildman–Crippen LogP) is 0.796. The zero-order valence-corrected chi connectivity index (χ0v) is 10.5. The van der Waals surface area contributed by atoms with E-state index in [4.69, 9.17) is 0 Å². The van der Waals surface area contributed by atoms with Crippen molar-refractivity contribution in [3.63, 3.8) is 0 Å². The van der Waals surface area contributed by atoms with Gasteiger partial charge in [0.15, 0.2) is 0 Å². The molecule has 2 atom stereocenters. The minimum Gasteiger partial charge on any atom is -0.390 e. The minimum atomic E-state index is -0.372. The normalized spacial score (nSPS) is 22.7. The zero-order valence-electron chi connectivity index (χ0n) is 9.71. The molecule has 0 bridgehead atoms. The van der Waals surface area contributed by atoms with Gasteiger partial charge in [0.05, 0.1) is 29.4 Å². The van der Waals surface area contributed by atoms with Crippen LogP contribution in [0.5, 0.6) is 0 Å². The maximum Gasteiger partial charge on any atom is 0.145 e. The highest BCUT2D eigenvalue weighted by Crippen LogP contribution is 2.13. The van der Waals surface area contributed by atoms with Gasteiger partial charge in [-0.15, -0.1) is 12.4 Å². The monoisotopic (exact) mass is 266 g/mol. The Labute approximate surface area is 111 Å². The van der Waals surface area contributed by atoms with Crippen molar-refractivity contribution in [1.29, 1.82) is 0 Å². The number of β-amino-alcohol motifs (C(OH)–C–C–N with tert-alkyl or cyclic N) is 1. The van der Waals surface area contributed by atoms with Crippen LogP contribution in [0, 0.1) is 0 Å². The summed E-state index contributed by atoms with van der Waals surface area (Å²) in [4.78, 5) is 8.78. The first-order chi connectivity index (χ1) is 8.33. The molecule has 5 nitrogen and oxygen atoms in total. The fraction of sp³-hybridized carbons (Fsp3) is 0.333. The van der Waals surface area contributed by atoms with E-state index in [0.29, 0.717) is 12.4 Å². The molecule has 3 N–H and O–H groups in total. The number of nitrogens with zero attached hydrogens (tertiary/aromatic N) is 2. The van der Waals surface area contributed by atoms with Crippen LogP contribution in [0.2, 0.25) is 0 Å². The molecule has 2 heterocycles. The van der Waals surface area contributed by atoms with Crippen LogP contribution in [0.3, 0.4) is 0 Å². The summed E-state index contributed by atoms with van der Waals surface area (Å²) >= 11 is 0. The molecule has 0 unspecified atom stereocenters. The number of rotatable bonds is 2. The van der Waals surface area contributed by atoms with Gasteiger partial charge in [0.1, 0.15) is 5.82 Å². The lowest BCUT2D eigenvalue weighted by molar-refractivity contribution is 0.185. The number of benzene rings is 1. The highest BCUT2D eigenvalue weighted by molar-refractivity contribution is 5.85. The summed E-state index contributed by atoms with van der Waals surface area (Å²) < 4.78 is 0. The molecule has 3 rings (SSSR count). The Balaban J connectivity index is 0.00000120. The number of para-hydroxylation sites is 2. The summed E-state index contributed by atoms with van der Waals surface area (Å²) in [6, 6.07) is 7.74. The van der Waals surface area contributed by atoms with Crippen molar-refractivity contribution in [2.24, 2.45) is 0 Å². The molecule has 18 heavy (non-hydrogen) atoms. The number of halogens is 1. The van der Waals surface area contributed by atoms with Crippen LogP contribution in [0.25, 0.3) is 11.0 Å². The van der Waals surface area contributed by atoms with Crippen LogP contribution in [0.1, 0.15) is 0 Å². The van der Waals surface area contributed by atoms with Crippen molar-refractivity contribution in [2.75, 3.05) is 18.4 Å². The van der Waals surface area contributed by atoms with Crippen LogP contribution < -0.4 is 10.6 Å². The number of anilines is 1. The molecule has 0 radical (unpaired) electrons. The van der Waals surface area contributed by atoms with Crippen molar-refractivity contribution in [3.8, 4) is 0 Å². The lowest BCUT2D eigenvalue weighted by Gasteiger charge is -2.15. The van der Waals surface area contributed by atoms with Crippen LogP contribution in [0.4, 0.5) is 5.82 Å². The molecule has 1 aromatic carbocycles. The zero-order chi connectivity index (χ0) is 11.7. The molecule has 1 saturated heterocycles. The second-order valence-corrected chi connectivity index (χ2v) is 4.22. The average molecular weight is 267 g/mol. The molecule has 0 saturated carbocycles. The second kappa shape index (κ2) is 5.48. The van der Waals surface area contributed by atoms with Gasteiger partial charge >= 0.3 is 0 Å². The number of fused-ring (bicyclic) bond motifs is 1. The molecule has 1 fully saturated rings. The van der Waals surface area contributed by atoms with Crippen LogP contribution in [-0.2, 0) is 0 Å². The second-order valence-electron chi connectivity index (χ2n) is 4.22. The molecule has 6 heteroatoms. The maximum absolute atomic E-state index is 9.69. The summed E-state index contributed by atoms with van der Waals surface area (Å²) in [7, 11) is 0. The number of hydrogen-bond acceptors (Lipinski definition) is 5. The van der Waals surface area contributed by atoms with Gasteiger partial charge in [-0.1, -0.05) is 12.1 Å². The van der Waals surface area contributed by atoms with E-state index >= 15 is 0 Å². The quantitative estimate of drug-likeness (QED) is 0.750. The first-order valence-corrected chi connectivity index (χ1v) is 5.70. The van der Waals surface area contributed by atoms with E-state index in [2.05, 4.69) is 20.6 Å². The first kappa shape index (κ1) is 13.0. The third-order valence-corrected chi connectivity index (χ3v) is 2.96. The van der Waals surface area contributed by atoms with Crippen molar-refractivity contribution >= 4 is 29.3 Å². The van der Waals surface area contributed by atoms with Crippen LogP contribution >= 0.6 is 12.4 Å². The summed E-state index contributed by atoms with van der Waals surface area (Å²) in [5.41, 5.74) is 1.74. The van der Waals surface area contributed by atoms with Crippen molar-refractivity contribution in [3.05, 3.63) is 30.5 Å². The highest BCUT2D eigenvalue weighted by Gasteiger charge is 2.24. The van der Waals surface area contributed by atoms with Gasteiger partial charge in [-0.05, 0) is 12.1 Å². The summed E-state index contributed by atoms with van der Waals surface area (Å²) in [5, 5.41) is 16.0. The van der Waals surface area contributed by atoms with Gasteiger partial charge in [-0.25, -0.2) is 4.98 Å². The third kappa shape index (κ3) is 2.53. The Morgan fingerprint density at radius 3 is 2.72 bits per heavy atom. The highest BCUT2D eigenvalue weighted by atomic mass is 35.5. The molecule has 96 valence electrons. The smallest absolute Gasteiger partial charge is 0.145 e. The predicted molar refractivity (Wildman–Crippen MR) is 73.1 cm³/mol.